The summed E-state index contributed by atoms with van der Waals surface area (Å²) >= 11 is 0. The molecule has 0 saturated carbocycles. The molecular weight excluding hydrogens is 506 g/mol. The summed E-state index contributed by atoms with van der Waals surface area (Å²) in [5.41, 5.74) is 5.75. The van der Waals surface area contributed by atoms with Gasteiger partial charge in [0.05, 0.1) is 11.1 Å². The van der Waals surface area contributed by atoms with Gasteiger partial charge in [-0.2, -0.15) is 18.3 Å². The second kappa shape index (κ2) is 9.65. The molecule has 2 aromatic heterocycles. The Hall–Kier alpha value is -4.68. The molecule has 0 aliphatic carbocycles. The van der Waals surface area contributed by atoms with E-state index in [1.165, 1.54) is 29.2 Å². The molecule has 0 fully saturated rings. The minimum Gasteiger partial charge on any atom is -0.858 e. The Labute approximate surface area is 214 Å². The number of carbonyl (C=O) groups is 1. The fourth-order valence-electron chi connectivity index (χ4n) is 3.69. The van der Waals surface area contributed by atoms with Crippen LogP contribution in [0.1, 0.15) is 31.9 Å². The van der Waals surface area contributed by atoms with Gasteiger partial charge in [-0.15, -0.1) is 0 Å². The van der Waals surface area contributed by atoms with Crippen LogP contribution in [0.4, 0.5) is 39.5 Å². The topological polar surface area (TPSA) is 133 Å². The zero-order valence-electron chi connectivity index (χ0n) is 20.4. The number of urea groups is 1. The van der Waals surface area contributed by atoms with E-state index in [9.17, 15) is 27.5 Å². The van der Waals surface area contributed by atoms with Crippen molar-refractivity contribution in [1.82, 2.24) is 14.6 Å². The third-order valence-electron chi connectivity index (χ3n) is 5.18. The van der Waals surface area contributed by atoms with Crippen LogP contribution < -0.4 is 21.5 Å². The Bertz CT molecular complexity index is 1540. The Balaban J connectivity index is 1.62. The van der Waals surface area contributed by atoms with E-state index >= 15 is 0 Å². The number of carbonyl (C=O) groups excluding carboxylic acids is 1. The summed E-state index contributed by atoms with van der Waals surface area (Å²) in [6.45, 7) is 5.36. The van der Waals surface area contributed by atoms with Crippen LogP contribution in [0.5, 0.6) is 0 Å². The number of rotatable bonds is 4. The zero-order valence-corrected chi connectivity index (χ0v) is 20.4. The number of aromatic nitrogens is 3. The first-order valence-corrected chi connectivity index (χ1v) is 11.2. The van der Waals surface area contributed by atoms with E-state index < -0.39 is 35.0 Å². The van der Waals surface area contributed by atoms with Crippen LogP contribution in [0.2, 0.25) is 0 Å². The number of amides is 2. The summed E-state index contributed by atoms with van der Waals surface area (Å²) in [6.07, 6.45) is -2.01. The Morgan fingerprint density at radius 3 is 2.34 bits per heavy atom. The van der Waals surface area contributed by atoms with Crippen molar-refractivity contribution < 1.29 is 27.5 Å². The smallest absolute Gasteiger partial charge is 0.416 e. The van der Waals surface area contributed by atoms with Gasteiger partial charge in [-0.3, -0.25) is 4.99 Å². The standard InChI is InChI=1S/C25H23F4N7O2/c1-24(2,3)35-22(37)18-11-36-20(21(30)31-12-32-36)19(18)13-4-6-16(7-5-13)33-23(38)34-17-9-14(25(27,28)29)8-15(26)10-17/h4-12H,1-3H3,(H,35,37)(H2,30,31,32)(H2,33,34,38)/p-1. The SMILES string of the molecule is CC(C)(C)N=C([O-])c1cn2ncnc(N)c2c1-c1ccc(NC(=O)Nc2cc(F)cc(C(F)(F)F)c2)cc1. The summed E-state index contributed by atoms with van der Waals surface area (Å²) in [6, 6.07) is 7.08. The average molecular weight is 528 g/mol. The highest BCUT2D eigenvalue weighted by atomic mass is 19.4. The van der Waals surface area contributed by atoms with Crippen LogP contribution in [0.3, 0.4) is 0 Å². The lowest BCUT2D eigenvalue weighted by molar-refractivity contribution is -0.213. The maximum atomic E-state index is 13.6. The van der Waals surface area contributed by atoms with Crippen LogP contribution in [-0.2, 0) is 6.18 Å². The van der Waals surface area contributed by atoms with Gasteiger partial charge in [0.1, 0.15) is 17.7 Å². The number of fused-ring (bicyclic) bond motifs is 1. The summed E-state index contributed by atoms with van der Waals surface area (Å²) in [5, 5.41) is 21.8. The van der Waals surface area contributed by atoms with Gasteiger partial charge in [0.25, 0.3) is 0 Å². The molecule has 0 aliphatic rings. The largest absolute Gasteiger partial charge is 0.858 e. The van der Waals surface area contributed by atoms with E-state index in [0.717, 1.165) is 6.07 Å². The fraction of sp³-hybridized carbons (Fsp3) is 0.200. The minimum absolute atomic E-state index is 0.139. The molecule has 13 heteroatoms. The summed E-state index contributed by atoms with van der Waals surface area (Å²) < 4.78 is 53.8. The first kappa shape index (κ1) is 26.4. The van der Waals surface area contributed by atoms with Gasteiger partial charge in [-0.25, -0.2) is 18.7 Å². The quantitative estimate of drug-likeness (QED) is 0.201. The highest BCUT2D eigenvalue weighted by Crippen LogP contribution is 2.34. The van der Waals surface area contributed by atoms with Crippen molar-refractivity contribution in [2.24, 2.45) is 4.99 Å². The van der Waals surface area contributed by atoms with Crippen molar-refractivity contribution in [1.29, 1.82) is 0 Å². The number of nitrogen functional groups attached to an aromatic ring is 1. The highest BCUT2D eigenvalue weighted by Gasteiger charge is 2.31. The van der Waals surface area contributed by atoms with Crippen molar-refractivity contribution in [3.8, 4) is 11.1 Å². The molecule has 4 rings (SSSR count). The zero-order chi connectivity index (χ0) is 27.8. The fourth-order valence-corrected chi connectivity index (χ4v) is 3.69. The molecule has 4 aromatic rings. The van der Waals surface area contributed by atoms with Crippen LogP contribution in [0.15, 0.2) is 60.0 Å². The molecule has 2 amide bonds. The third kappa shape index (κ3) is 5.82. The average Bonchev–Trinajstić information content (AvgIpc) is 3.19. The van der Waals surface area contributed by atoms with Gasteiger partial charge in [-0.05, 0) is 62.6 Å². The summed E-state index contributed by atoms with van der Waals surface area (Å²) in [7, 11) is 0. The van der Waals surface area contributed by atoms with Gasteiger partial charge in [0, 0.05) is 28.7 Å². The maximum Gasteiger partial charge on any atom is 0.416 e. The molecule has 38 heavy (non-hydrogen) atoms. The molecule has 2 aromatic carbocycles. The number of nitrogens with zero attached hydrogens (tertiary/aromatic N) is 4. The van der Waals surface area contributed by atoms with Gasteiger partial charge in [-0.1, -0.05) is 12.1 Å². The molecule has 0 radical (unpaired) electrons. The molecule has 0 spiro atoms. The van der Waals surface area contributed by atoms with Gasteiger partial charge >= 0.3 is 12.2 Å². The number of benzene rings is 2. The van der Waals surface area contributed by atoms with E-state index in [2.05, 4.69) is 25.7 Å². The van der Waals surface area contributed by atoms with Crippen molar-refractivity contribution >= 4 is 34.6 Å². The molecule has 4 N–H and O–H groups in total. The highest BCUT2D eigenvalue weighted by molar-refractivity contribution is 6.06. The van der Waals surface area contributed by atoms with Crippen molar-refractivity contribution in [3.63, 3.8) is 0 Å². The monoisotopic (exact) mass is 528 g/mol. The van der Waals surface area contributed by atoms with Gasteiger partial charge in [0.2, 0.25) is 0 Å². The van der Waals surface area contributed by atoms with E-state index in [0.29, 0.717) is 28.8 Å². The van der Waals surface area contributed by atoms with Crippen LogP contribution in [0.25, 0.3) is 16.6 Å². The molecule has 2 heterocycles. The number of halogens is 4. The van der Waals surface area contributed by atoms with Crippen LogP contribution >= 0.6 is 0 Å². The molecule has 0 atom stereocenters. The summed E-state index contributed by atoms with van der Waals surface area (Å²) in [5.74, 6) is -1.49. The van der Waals surface area contributed by atoms with Crippen molar-refractivity contribution in [2.45, 2.75) is 32.5 Å². The van der Waals surface area contributed by atoms with E-state index in [1.807, 2.05) is 0 Å². The lowest BCUT2D eigenvalue weighted by Crippen LogP contribution is -2.25. The van der Waals surface area contributed by atoms with E-state index in [4.69, 9.17) is 5.73 Å². The number of nitrogens with two attached hydrogens (primary N) is 1. The molecule has 0 aliphatic heterocycles. The molecule has 198 valence electrons. The second-order valence-corrected chi connectivity index (χ2v) is 9.33. The predicted octanol–water partition coefficient (Wildman–Crippen LogP) is 4.69. The van der Waals surface area contributed by atoms with E-state index in [1.54, 1.807) is 32.9 Å². The Kier molecular flexibility index (Phi) is 6.70. The first-order chi connectivity index (χ1) is 17.7. The Morgan fingerprint density at radius 2 is 1.71 bits per heavy atom. The van der Waals surface area contributed by atoms with Gasteiger partial charge < -0.3 is 21.5 Å². The molecule has 0 saturated heterocycles. The number of hydrogen-bond donors (Lipinski definition) is 3. The number of alkyl halides is 3. The number of hydrogen-bond acceptors (Lipinski definition) is 6. The lowest BCUT2D eigenvalue weighted by atomic mass is 10.0. The lowest BCUT2D eigenvalue weighted by Gasteiger charge is -2.20. The van der Waals surface area contributed by atoms with Crippen molar-refractivity contribution in [2.75, 3.05) is 16.4 Å². The number of nitrogens with one attached hydrogen (secondary N) is 2. The summed E-state index contributed by atoms with van der Waals surface area (Å²) in [4.78, 5) is 20.6. The van der Waals surface area contributed by atoms with Crippen molar-refractivity contribution in [3.05, 3.63) is 71.9 Å². The molecule has 0 unspecified atom stereocenters. The third-order valence-corrected chi connectivity index (χ3v) is 5.18. The molecular formula is C25H22F4N7O2-. The number of anilines is 3. The number of aliphatic imine (C=N–C) groups is 1. The maximum absolute atomic E-state index is 13.6. The first-order valence-electron chi connectivity index (χ1n) is 11.2. The normalized spacial score (nSPS) is 12.6. The minimum atomic E-state index is -4.77. The Morgan fingerprint density at radius 1 is 1.05 bits per heavy atom. The van der Waals surface area contributed by atoms with E-state index in [-0.39, 0.29) is 22.8 Å². The predicted molar refractivity (Wildman–Crippen MR) is 133 cm³/mol. The molecule has 0 bridgehead atoms. The van der Waals surface area contributed by atoms with Crippen LogP contribution in [0, 0.1) is 5.82 Å². The second-order valence-electron chi connectivity index (χ2n) is 9.33. The molecule has 9 nitrogen and oxygen atoms in total. The van der Waals surface area contributed by atoms with Gasteiger partial charge in [0.15, 0.2) is 5.82 Å². The van der Waals surface area contributed by atoms with Crippen LogP contribution in [-0.4, -0.2) is 32.1 Å².